The highest BCUT2D eigenvalue weighted by Crippen LogP contribution is 2.36. The molecule has 0 aliphatic heterocycles. The molecule has 0 aliphatic rings. The Morgan fingerprint density at radius 2 is 1.95 bits per heavy atom. The number of rotatable bonds is 4. The summed E-state index contributed by atoms with van der Waals surface area (Å²) in [5.74, 6) is 1.55. The third kappa shape index (κ3) is 2.42. The van der Waals surface area contributed by atoms with Crippen LogP contribution in [-0.4, -0.2) is 19.2 Å². The van der Waals surface area contributed by atoms with E-state index in [0.717, 1.165) is 27.8 Å². The van der Waals surface area contributed by atoms with Gasteiger partial charge in [0.2, 0.25) is 0 Å². The maximum atomic E-state index is 5.43. The van der Waals surface area contributed by atoms with Gasteiger partial charge in [-0.05, 0) is 23.6 Å². The highest BCUT2D eigenvalue weighted by atomic mass is 32.1. The highest BCUT2D eigenvalue weighted by molar-refractivity contribution is 7.14. The minimum atomic E-state index is 0.770. The van der Waals surface area contributed by atoms with E-state index in [4.69, 9.17) is 14.5 Å². The molecule has 3 nitrogen and oxygen atoms in total. The van der Waals surface area contributed by atoms with Crippen molar-refractivity contribution in [2.24, 2.45) is 0 Å². The molecule has 0 atom stereocenters. The minimum Gasteiger partial charge on any atom is -0.497 e. The molecule has 0 N–H and O–H groups in total. The Morgan fingerprint density at radius 3 is 2.65 bits per heavy atom. The largest absolute Gasteiger partial charge is 0.497 e. The first kappa shape index (κ1) is 13.1. The van der Waals surface area contributed by atoms with Crippen LogP contribution >= 0.6 is 22.7 Å². The predicted molar refractivity (Wildman–Crippen MR) is 84.0 cm³/mol. The lowest BCUT2D eigenvalue weighted by molar-refractivity contribution is 0.395. The van der Waals surface area contributed by atoms with Crippen LogP contribution in [-0.2, 0) is 0 Å². The maximum Gasteiger partial charge on any atom is 0.131 e. The number of nitrogens with zero attached hydrogens (tertiary/aromatic N) is 1. The summed E-state index contributed by atoms with van der Waals surface area (Å²) in [7, 11) is 3.30. The Labute approximate surface area is 125 Å². The third-order valence-corrected chi connectivity index (χ3v) is 4.53. The average Bonchev–Trinajstić information content (AvgIpc) is 3.17. The lowest BCUT2D eigenvalue weighted by Gasteiger charge is -2.08. The second-order valence-electron chi connectivity index (χ2n) is 4.12. The Balaban J connectivity index is 2.01. The quantitative estimate of drug-likeness (QED) is 0.708. The molecular formula is C15H13NO2S2. The summed E-state index contributed by atoms with van der Waals surface area (Å²) in [6, 6.07) is 7.85. The van der Waals surface area contributed by atoms with Crippen LogP contribution in [0.1, 0.15) is 0 Å². The van der Waals surface area contributed by atoms with Gasteiger partial charge in [-0.15, -0.1) is 11.3 Å². The molecule has 0 aliphatic carbocycles. The van der Waals surface area contributed by atoms with Gasteiger partial charge < -0.3 is 9.47 Å². The molecule has 1 aromatic carbocycles. The van der Waals surface area contributed by atoms with Gasteiger partial charge in [-0.1, -0.05) is 0 Å². The molecule has 0 saturated heterocycles. The average molecular weight is 303 g/mol. The lowest BCUT2D eigenvalue weighted by atomic mass is 10.1. The van der Waals surface area contributed by atoms with Crippen LogP contribution in [0.25, 0.3) is 21.8 Å². The Kier molecular flexibility index (Phi) is 3.71. The first-order chi connectivity index (χ1) is 9.81. The lowest BCUT2D eigenvalue weighted by Crippen LogP contribution is -1.90. The van der Waals surface area contributed by atoms with Crippen LogP contribution in [0.5, 0.6) is 11.5 Å². The molecule has 0 saturated carbocycles. The van der Waals surface area contributed by atoms with Crippen molar-refractivity contribution in [2.75, 3.05) is 14.2 Å². The summed E-state index contributed by atoms with van der Waals surface area (Å²) in [6.07, 6.45) is 0. The van der Waals surface area contributed by atoms with Crippen LogP contribution < -0.4 is 9.47 Å². The van der Waals surface area contributed by atoms with Gasteiger partial charge in [0.1, 0.15) is 16.5 Å². The monoisotopic (exact) mass is 303 g/mol. The molecule has 0 radical (unpaired) electrons. The van der Waals surface area contributed by atoms with Crippen molar-refractivity contribution in [3.63, 3.8) is 0 Å². The smallest absolute Gasteiger partial charge is 0.131 e. The van der Waals surface area contributed by atoms with Crippen molar-refractivity contribution >= 4 is 22.7 Å². The first-order valence-electron chi connectivity index (χ1n) is 6.02. The SMILES string of the molecule is COc1ccc(-c2csc(-c3ccsc3)n2)c(OC)c1. The van der Waals surface area contributed by atoms with Crippen molar-refractivity contribution in [3.8, 4) is 33.3 Å². The molecule has 0 spiro atoms. The Bertz CT molecular complexity index is 704. The topological polar surface area (TPSA) is 31.4 Å². The molecule has 3 aromatic rings. The zero-order valence-electron chi connectivity index (χ0n) is 11.1. The van der Waals surface area contributed by atoms with Crippen LogP contribution in [0.15, 0.2) is 40.4 Å². The standard InChI is InChI=1S/C15H13NO2S2/c1-17-11-3-4-12(14(7-11)18-2)13-9-20-15(16-13)10-5-6-19-8-10/h3-9H,1-2H3. The van der Waals surface area contributed by atoms with E-state index in [2.05, 4.69) is 22.2 Å². The fourth-order valence-corrected chi connectivity index (χ4v) is 3.46. The third-order valence-electron chi connectivity index (χ3n) is 2.96. The van der Waals surface area contributed by atoms with E-state index in [0.29, 0.717) is 0 Å². The highest BCUT2D eigenvalue weighted by Gasteiger charge is 2.12. The maximum absolute atomic E-state index is 5.43. The number of thiazole rings is 1. The van der Waals surface area contributed by atoms with E-state index in [9.17, 15) is 0 Å². The minimum absolute atomic E-state index is 0.770. The van der Waals surface area contributed by atoms with Gasteiger partial charge in [-0.3, -0.25) is 0 Å². The number of hydrogen-bond acceptors (Lipinski definition) is 5. The van der Waals surface area contributed by atoms with Crippen molar-refractivity contribution < 1.29 is 9.47 Å². The zero-order chi connectivity index (χ0) is 13.9. The van der Waals surface area contributed by atoms with E-state index < -0.39 is 0 Å². The van der Waals surface area contributed by atoms with E-state index in [1.54, 1.807) is 36.9 Å². The summed E-state index contributed by atoms with van der Waals surface area (Å²) >= 11 is 3.32. The number of thiophene rings is 1. The number of ether oxygens (including phenoxy) is 2. The van der Waals surface area contributed by atoms with Gasteiger partial charge >= 0.3 is 0 Å². The number of hydrogen-bond donors (Lipinski definition) is 0. The fourth-order valence-electron chi connectivity index (χ4n) is 1.93. The van der Waals surface area contributed by atoms with Crippen LogP contribution in [0.4, 0.5) is 0 Å². The van der Waals surface area contributed by atoms with Crippen LogP contribution in [0.3, 0.4) is 0 Å². The number of methoxy groups -OCH3 is 2. The molecular weight excluding hydrogens is 290 g/mol. The Hall–Kier alpha value is -1.85. The Morgan fingerprint density at radius 1 is 1.05 bits per heavy atom. The summed E-state index contributed by atoms with van der Waals surface area (Å²) in [5, 5.41) is 7.24. The molecule has 102 valence electrons. The summed E-state index contributed by atoms with van der Waals surface area (Å²) in [5.41, 5.74) is 3.07. The number of aromatic nitrogens is 1. The van der Waals surface area contributed by atoms with E-state index >= 15 is 0 Å². The molecule has 0 fully saturated rings. The molecule has 0 unspecified atom stereocenters. The normalized spacial score (nSPS) is 10.5. The fraction of sp³-hybridized carbons (Fsp3) is 0.133. The molecule has 5 heteroatoms. The predicted octanol–water partition coefficient (Wildman–Crippen LogP) is 4.56. The van der Waals surface area contributed by atoms with Crippen LogP contribution in [0.2, 0.25) is 0 Å². The van der Waals surface area contributed by atoms with Gasteiger partial charge in [-0.25, -0.2) is 4.98 Å². The van der Waals surface area contributed by atoms with Gasteiger partial charge in [-0.2, -0.15) is 11.3 Å². The van der Waals surface area contributed by atoms with E-state index in [1.807, 2.05) is 18.2 Å². The first-order valence-corrected chi connectivity index (χ1v) is 7.84. The van der Waals surface area contributed by atoms with Crippen LogP contribution in [0, 0.1) is 0 Å². The number of benzene rings is 1. The second kappa shape index (κ2) is 5.64. The van der Waals surface area contributed by atoms with E-state index in [-0.39, 0.29) is 0 Å². The molecule has 20 heavy (non-hydrogen) atoms. The van der Waals surface area contributed by atoms with Gasteiger partial charge in [0.05, 0.1) is 19.9 Å². The second-order valence-corrected chi connectivity index (χ2v) is 5.75. The molecule has 2 heterocycles. The van der Waals surface area contributed by atoms with Crippen molar-refractivity contribution in [1.82, 2.24) is 4.98 Å². The molecule has 0 bridgehead atoms. The zero-order valence-corrected chi connectivity index (χ0v) is 12.8. The summed E-state index contributed by atoms with van der Waals surface area (Å²) < 4.78 is 10.6. The van der Waals surface area contributed by atoms with Gasteiger partial charge in [0, 0.05) is 28.0 Å². The van der Waals surface area contributed by atoms with Crippen molar-refractivity contribution in [2.45, 2.75) is 0 Å². The molecule has 0 amide bonds. The molecule has 2 aromatic heterocycles. The molecule has 3 rings (SSSR count). The van der Waals surface area contributed by atoms with Crippen molar-refractivity contribution in [3.05, 3.63) is 40.4 Å². The van der Waals surface area contributed by atoms with Gasteiger partial charge in [0.15, 0.2) is 0 Å². The van der Waals surface area contributed by atoms with Gasteiger partial charge in [0.25, 0.3) is 0 Å². The van der Waals surface area contributed by atoms with E-state index in [1.165, 1.54) is 5.56 Å². The van der Waals surface area contributed by atoms with Crippen molar-refractivity contribution in [1.29, 1.82) is 0 Å². The summed E-state index contributed by atoms with van der Waals surface area (Å²) in [4.78, 5) is 4.69. The summed E-state index contributed by atoms with van der Waals surface area (Å²) in [6.45, 7) is 0.